The molecule has 0 spiro atoms. The molecule has 1 aromatic carbocycles. The van der Waals surface area contributed by atoms with Gasteiger partial charge in [-0.2, -0.15) is 0 Å². The second-order valence-corrected chi connectivity index (χ2v) is 5.20. The quantitative estimate of drug-likeness (QED) is 0.767. The maximum absolute atomic E-state index is 12.2. The van der Waals surface area contributed by atoms with E-state index in [0.717, 1.165) is 42.7 Å². The van der Waals surface area contributed by atoms with Crippen molar-refractivity contribution in [1.29, 1.82) is 0 Å². The average molecular weight is 244 g/mol. The lowest BCUT2D eigenvalue weighted by Gasteiger charge is -2.17. The molecule has 1 aliphatic heterocycles. The van der Waals surface area contributed by atoms with Crippen molar-refractivity contribution in [2.45, 2.75) is 26.2 Å². The average Bonchev–Trinajstić information content (AvgIpc) is 3.17. The lowest BCUT2D eigenvalue weighted by Crippen LogP contribution is -2.11. The van der Waals surface area contributed by atoms with Crippen molar-refractivity contribution in [3.63, 3.8) is 0 Å². The number of rotatable bonds is 3. The summed E-state index contributed by atoms with van der Waals surface area (Å²) < 4.78 is 5.53. The van der Waals surface area contributed by atoms with E-state index in [0.29, 0.717) is 0 Å². The number of benzene rings is 1. The molecule has 0 aromatic heterocycles. The van der Waals surface area contributed by atoms with E-state index in [-0.39, 0.29) is 23.4 Å². The molecular weight excluding hydrogens is 228 g/mol. The summed E-state index contributed by atoms with van der Waals surface area (Å²) in [7, 11) is 0. The van der Waals surface area contributed by atoms with Crippen molar-refractivity contribution < 1.29 is 14.3 Å². The third-order valence-electron chi connectivity index (χ3n) is 3.84. The summed E-state index contributed by atoms with van der Waals surface area (Å²) in [5.41, 5.74) is 1.85. The molecule has 18 heavy (non-hydrogen) atoms. The zero-order chi connectivity index (χ0) is 12.7. The van der Waals surface area contributed by atoms with E-state index in [4.69, 9.17) is 4.74 Å². The molecule has 0 bridgehead atoms. The van der Waals surface area contributed by atoms with Crippen LogP contribution < -0.4 is 4.74 Å². The first-order valence-electron chi connectivity index (χ1n) is 6.47. The summed E-state index contributed by atoms with van der Waals surface area (Å²) in [6.45, 7) is 2.33. The van der Waals surface area contributed by atoms with Crippen LogP contribution in [-0.4, -0.2) is 18.2 Å². The zero-order valence-electron chi connectivity index (χ0n) is 10.4. The first kappa shape index (κ1) is 11.5. The number of aryl methyl sites for hydroxylation is 1. The molecular formula is C15H16O3. The van der Waals surface area contributed by atoms with E-state index in [2.05, 4.69) is 0 Å². The predicted octanol–water partition coefficient (Wildman–Crippen LogP) is 2.42. The molecule has 0 saturated heterocycles. The van der Waals surface area contributed by atoms with Gasteiger partial charge in [0.15, 0.2) is 5.78 Å². The molecule has 1 fully saturated rings. The molecule has 3 rings (SSSR count). The van der Waals surface area contributed by atoms with E-state index >= 15 is 0 Å². The van der Waals surface area contributed by atoms with E-state index in [1.54, 1.807) is 6.92 Å². The number of hydrogen-bond donors (Lipinski definition) is 0. The summed E-state index contributed by atoms with van der Waals surface area (Å²) in [5.74, 6) is 1.03. The van der Waals surface area contributed by atoms with Crippen molar-refractivity contribution >= 4 is 11.6 Å². The highest BCUT2D eigenvalue weighted by Crippen LogP contribution is 2.42. The van der Waals surface area contributed by atoms with E-state index < -0.39 is 0 Å². The monoisotopic (exact) mass is 244 g/mol. The third kappa shape index (κ3) is 1.94. The van der Waals surface area contributed by atoms with Gasteiger partial charge in [-0.3, -0.25) is 9.59 Å². The number of ether oxygens (including phenoxy) is 1. The van der Waals surface area contributed by atoms with Gasteiger partial charge in [-0.05, 0) is 49.9 Å². The highest BCUT2D eigenvalue weighted by atomic mass is 16.5. The lowest BCUT2D eigenvalue weighted by atomic mass is 9.99. The summed E-state index contributed by atoms with van der Waals surface area (Å²) >= 11 is 0. The summed E-state index contributed by atoms with van der Waals surface area (Å²) in [5, 5.41) is 0. The van der Waals surface area contributed by atoms with E-state index in [9.17, 15) is 9.59 Å². The Morgan fingerprint density at radius 2 is 2.11 bits per heavy atom. The van der Waals surface area contributed by atoms with Gasteiger partial charge in [0.1, 0.15) is 11.5 Å². The zero-order valence-corrected chi connectivity index (χ0v) is 10.4. The Morgan fingerprint density at radius 3 is 2.83 bits per heavy atom. The largest absolute Gasteiger partial charge is 0.493 e. The number of fused-ring (bicyclic) bond motifs is 1. The number of carbonyl (C=O) groups excluding carboxylic acids is 2. The van der Waals surface area contributed by atoms with Crippen LogP contribution in [0.2, 0.25) is 0 Å². The molecule has 2 aliphatic rings. The molecule has 3 heteroatoms. The van der Waals surface area contributed by atoms with Gasteiger partial charge in [-0.1, -0.05) is 0 Å². The van der Waals surface area contributed by atoms with Crippen LogP contribution >= 0.6 is 0 Å². The topological polar surface area (TPSA) is 43.4 Å². The second-order valence-electron chi connectivity index (χ2n) is 5.20. The highest BCUT2D eigenvalue weighted by Gasteiger charge is 2.46. The Bertz CT molecular complexity index is 518. The van der Waals surface area contributed by atoms with E-state index in [1.165, 1.54) is 0 Å². The fourth-order valence-corrected chi connectivity index (χ4v) is 2.66. The number of Topliss-reactive ketones (excluding diaryl/α,β-unsaturated/α-hetero) is 2. The fourth-order valence-electron chi connectivity index (χ4n) is 2.66. The Morgan fingerprint density at radius 1 is 1.28 bits per heavy atom. The number of hydrogen-bond acceptors (Lipinski definition) is 3. The molecule has 1 aromatic rings. The van der Waals surface area contributed by atoms with Crippen molar-refractivity contribution in [3.05, 3.63) is 29.3 Å². The smallest absolute Gasteiger partial charge is 0.166 e. The standard InChI is InChI=1S/C15H16O3/c1-9(16)12-8-13(12)15(17)11-4-5-14-10(7-11)3-2-6-18-14/h4-5,7,12-13H,2-3,6,8H2,1H3/t12-,13+/m1/s1. The van der Waals surface area contributed by atoms with Crippen molar-refractivity contribution in [2.24, 2.45) is 11.8 Å². The third-order valence-corrected chi connectivity index (χ3v) is 3.84. The van der Waals surface area contributed by atoms with Gasteiger partial charge in [0, 0.05) is 17.4 Å². The van der Waals surface area contributed by atoms with Crippen LogP contribution in [0.5, 0.6) is 5.75 Å². The highest BCUT2D eigenvalue weighted by molar-refractivity contribution is 6.03. The maximum atomic E-state index is 12.2. The van der Waals surface area contributed by atoms with Gasteiger partial charge in [0.05, 0.1) is 6.61 Å². The Kier molecular flexibility index (Phi) is 2.69. The van der Waals surface area contributed by atoms with Gasteiger partial charge in [-0.15, -0.1) is 0 Å². The molecule has 1 heterocycles. The lowest BCUT2D eigenvalue weighted by molar-refractivity contribution is -0.118. The minimum absolute atomic E-state index is 0.0372. The summed E-state index contributed by atoms with van der Waals surface area (Å²) in [4.78, 5) is 23.4. The molecule has 0 amide bonds. The summed E-state index contributed by atoms with van der Waals surface area (Å²) in [6.07, 6.45) is 2.70. The molecule has 94 valence electrons. The van der Waals surface area contributed by atoms with Gasteiger partial charge >= 0.3 is 0 Å². The molecule has 0 unspecified atom stereocenters. The second kappa shape index (κ2) is 4.23. The van der Waals surface area contributed by atoms with Crippen molar-refractivity contribution in [1.82, 2.24) is 0 Å². The molecule has 1 aliphatic carbocycles. The Hall–Kier alpha value is -1.64. The predicted molar refractivity (Wildman–Crippen MR) is 66.9 cm³/mol. The van der Waals surface area contributed by atoms with Crippen LogP contribution in [0, 0.1) is 11.8 Å². The minimum atomic E-state index is -0.0786. The van der Waals surface area contributed by atoms with Crippen LogP contribution in [0.4, 0.5) is 0 Å². The van der Waals surface area contributed by atoms with Gasteiger partial charge in [-0.25, -0.2) is 0 Å². The Balaban J connectivity index is 1.81. The first-order valence-corrected chi connectivity index (χ1v) is 6.47. The van der Waals surface area contributed by atoms with Crippen LogP contribution in [0.3, 0.4) is 0 Å². The number of carbonyl (C=O) groups is 2. The molecule has 0 N–H and O–H groups in total. The normalized spacial score (nSPS) is 24.9. The molecule has 2 atom stereocenters. The SMILES string of the molecule is CC(=O)[C@H]1C[C@@H]1C(=O)c1ccc2c(c1)CCCO2. The molecule has 1 saturated carbocycles. The first-order chi connectivity index (χ1) is 8.66. The van der Waals surface area contributed by atoms with Gasteiger partial charge < -0.3 is 4.74 Å². The van der Waals surface area contributed by atoms with Crippen molar-refractivity contribution in [2.75, 3.05) is 6.61 Å². The van der Waals surface area contributed by atoms with Crippen LogP contribution in [0.25, 0.3) is 0 Å². The van der Waals surface area contributed by atoms with Crippen LogP contribution in [-0.2, 0) is 11.2 Å². The van der Waals surface area contributed by atoms with Gasteiger partial charge in [0.25, 0.3) is 0 Å². The minimum Gasteiger partial charge on any atom is -0.493 e. The fraction of sp³-hybridized carbons (Fsp3) is 0.467. The number of ketones is 2. The maximum Gasteiger partial charge on any atom is 0.166 e. The summed E-state index contributed by atoms with van der Waals surface area (Å²) in [6, 6.07) is 5.64. The Labute approximate surface area is 106 Å². The van der Waals surface area contributed by atoms with Gasteiger partial charge in [0.2, 0.25) is 0 Å². The molecule has 3 nitrogen and oxygen atoms in total. The van der Waals surface area contributed by atoms with Crippen LogP contribution in [0.1, 0.15) is 35.7 Å². The molecule has 0 radical (unpaired) electrons. The van der Waals surface area contributed by atoms with Crippen LogP contribution in [0.15, 0.2) is 18.2 Å². The van der Waals surface area contributed by atoms with E-state index in [1.807, 2.05) is 18.2 Å². The van der Waals surface area contributed by atoms with Crippen molar-refractivity contribution in [3.8, 4) is 5.75 Å².